The summed E-state index contributed by atoms with van der Waals surface area (Å²) in [7, 11) is 1.60. The molecule has 3 aromatic rings. The predicted molar refractivity (Wildman–Crippen MR) is 136 cm³/mol. The number of alkyl halides is 2. The number of halogens is 3. The number of anilines is 4. The number of rotatable bonds is 4. The van der Waals surface area contributed by atoms with Gasteiger partial charge in [0.05, 0.1) is 23.4 Å². The zero-order chi connectivity index (χ0) is 25.4. The van der Waals surface area contributed by atoms with Gasteiger partial charge in [-0.3, -0.25) is 4.79 Å². The number of benzene rings is 1. The molecule has 2 N–H and O–H groups in total. The van der Waals surface area contributed by atoms with Gasteiger partial charge in [-0.15, -0.1) is 0 Å². The van der Waals surface area contributed by atoms with Crippen molar-refractivity contribution in [3.63, 3.8) is 0 Å². The van der Waals surface area contributed by atoms with E-state index in [1.54, 1.807) is 31.4 Å². The van der Waals surface area contributed by atoms with Crippen LogP contribution in [0, 0.1) is 11.3 Å². The van der Waals surface area contributed by atoms with Crippen molar-refractivity contribution in [1.82, 2.24) is 14.5 Å². The van der Waals surface area contributed by atoms with Crippen LogP contribution in [0.25, 0.3) is 10.9 Å². The first-order valence-electron chi connectivity index (χ1n) is 12.0. The monoisotopic (exact) mass is 516 g/mol. The lowest BCUT2D eigenvalue weighted by molar-refractivity contribution is -0.0579. The van der Waals surface area contributed by atoms with Crippen molar-refractivity contribution in [1.29, 1.82) is 0 Å². The summed E-state index contributed by atoms with van der Waals surface area (Å²) in [4.78, 5) is 24.0. The Hall–Kier alpha value is -3.14. The summed E-state index contributed by atoms with van der Waals surface area (Å²) in [6.07, 6.45) is 3.01. The largest absolute Gasteiger partial charge is 0.480 e. The van der Waals surface area contributed by atoms with Crippen LogP contribution in [-0.2, 0) is 7.05 Å². The highest BCUT2D eigenvalue weighted by atomic mass is 35.5. The number of hydrogen-bond donors (Lipinski definition) is 2. The van der Waals surface area contributed by atoms with Gasteiger partial charge in [0, 0.05) is 31.2 Å². The first-order valence-corrected chi connectivity index (χ1v) is 12.4. The highest BCUT2D eigenvalue weighted by Gasteiger charge is 2.51. The second kappa shape index (κ2) is 7.93. The molecule has 6 rings (SSSR count). The lowest BCUT2D eigenvalue weighted by Gasteiger charge is -2.45. The van der Waals surface area contributed by atoms with E-state index >= 15 is 0 Å². The number of hydrogen-bond acceptors (Lipinski definition) is 7. The normalized spacial score (nSPS) is 22.2. The van der Waals surface area contributed by atoms with Crippen molar-refractivity contribution in [2.24, 2.45) is 18.4 Å². The van der Waals surface area contributed by atoms with Gasteiger partial charge in [0.2, 0.25) is 11.7 Å². The Bertz CT molecular complexity index is 1430. The van der Waals surface area contributed by atoms with Crippen molar-refractivity contribution in [2.45, 2.75) is 38.7 Å². The first-order chi connectivity index (χ1) is 17.0. The molecule has 11 heteroatoms. The van der Waals surface area contributed by atoms with Gasteiger partial charge in [-0.1, -0.05) is 25.4 Å². The Labute approximate surface area is 211 Å². The molecule has 0 bridgehead atoms. The molecule has 2 aromatic heterocycles. The zero-order valence-corrected chi connectivity index (χ0v) is 21.0. The molecule has 2 aliphatic heterocycles. The maximum absolute atomic E-state index is 14.9. The van der Waals surface area contributed by atoms with E-state index in [0.717, 1.165) is 25.9 Å². The molecule has 1 atom stereocenters. The van der Waals surface area contributed by atoms with E-state index in [0.29, 0.717) is 39.1 Å². The fourth-order valence-electron chi connectivity index (χ4n) is 5.15. The fourth-order valence-corrected chi connectivity index (χ4v) is 5.29. The molecule has 1 saturated carbocycles. The number of nitrogens with one attached hydrogen (secondary N) is 2. The van der Waals surface area contributed by atoms with Gasteiger partial charge >= 0.3 is 5.92 Å². The second-order valence-electron chi connectivity index (χ2n) is 10.8. The predicted octanol–water partition coefficient (Wildman–Crippen LogP) is 4.79. The zero-order valence-electron chi connectivity index (χ0n) is 20.2. The molecule has 36 heavy (non-hydrogen) atoms. The van der Waals surface area contributed by atoms with E-state index in [1.807, 2.05) is 0 Å². The highest BCUT2D eigenvalue weighted by Crippen LogP contribution is 2.45. The SMILES string of the molecule is Cn1c(=O)c2c(c3cc(Nc4nc(N5CC(C)(C)C5)ncc4Cl)ccc31)N[C@@H](C1CC1)C(F)(F)CO2. The van der Waals surface area contributed by atoms with Gasteiger partial charge in [-0.25, -0.2) is 13.8 Å². The van der Waals surface area contributed by atoms with E-state index in [9.17, 15) is 13.6 Å². The number of pyridine rings is 1. The maximum atomic E-state index is 14.9. The Kier molecular flexibility index (Phi) is 5.13. The third-order valence-electron chi connectivity index (χ3n) is 7.13. The van der Waals surface area contributed by atoms with Gasteiger partial charge in [0.25, 0.3) is 5.56 Å². The number of aryl methyl sites for hydroxylation is 1. The minimum Gasteiger partial charge on any atom is -0.480 e. The molecule has 8 nitrogen and oxygen atoms in total. The minimum absolute atomic E-state index is 0.0901. The molecule has 1 aromatic carbocycles. The number of fused-ring (bicyclic) bond motifs is 3. The molecule has 3 aliphatic rings. The molecule has 0 radical (unpaired) electrons. The van der Waals surface area contributed by atoms with Crippen LogP contribution in [0.4, 0.5) is 31.9 Å². The summed E-state index contributed by atoms with van der Waals surface area (Å²) in [5, 5.41) is 7.18. The molecule has 1 aliphatic carbocycles. The third kappa shape index (κ3) is 3.91. The molecular weight excluding hydrogens is 490 g/mol. The van der Waals surface area contributed by atoms with Crippen molar-refractivity contribution >= 4 is 45.6 Å². The van der Waals surface area contributed by atoms with Gasteiger partial charge in [-0.2, -0.15) is 4.98 Å². The Morgan fingerprint density at radius 2 is 2.00 bits per heavy atom. The summed E-state index contributed by atoms with van der Waals surface area (Å²) >= 11 is 6.39. The van der Waals surface area contributed by atoms with Gasteiger partial charge < -0.3 is 24.8 Å². The van der Waals surface area contributed by atoms with Crippen molar-refractivity contribution in [2.75, 3.05) is 35.2 Å². The Balaban J connectivity index is 1.40. The van der Waals surface area contributed by atoms with Crippen LogP contribution in [0.5, 0.6) is 5.75 Å². The quantitative estimate of drug-likeness (QED) is 0.516. The van der Waals surface area contributed by atoms with Crippen LogP contribution in [0.2, 0.25) is 5.02 Å². The summed E-state index contributed by atoms with van der Waals surface area (Å²) in [6, 6.07) is 4.26. The highest BCUT2D eigenvalue weighted by molar-refractivity contribution is 6.33. The molecular formula is C25H27ClF2N6O2. The topological polar surface area (TPSA) is 84.3 Å². The average molecular weight is 517 g/mol. The van der Waals surface area contributed by atoms with Gasteiger partial charge in [0.1, 0.15) is 5.02 Å². The smallest absolute Gasteiger partial charge is 0.301 e. The van der Waals surface area contributed by atoms with E-state index in [-0.39, 0.29) is 17.1 Å². The minimum atomic E-state index is -3.09. The molecule has 4 heterocycles. The summed E-state index contributed by atoms with van der Waals surface area (Å²) < 4.78 is 36.6. The van der Waals surface area contributed by atoms with Crippen LogP contribution in [0.15, 0.2) is 29.2 Å². The van der Waals surface area contributed by atoms with Crippen LogP contribution in [0.3, 0.4) is 0 Å². The van der Waals surface area contributed by atoms with E-state index in [4.69, 9.17) is 16.3 Å². The fraction of sp³-hybridized carbons (Fsp3) is 0.480. The number of aromatic nitrogens is 3. The molecule has 0 unspecified atom stereocenters. The molecule has 2 fully saturated rings. The van der Waals surface area contributed by atoms with E-state index in [2.05, 4.69) is 39.3 Å². The van der Waals surface area contributed by atoms with Crippen LogP contribution in [0.1, 0.15) is 26.7 Å². The van der Waals surface area contributed by atoms with Crippen molar-refractivity contribution in [3.05, 3.63) is 39.8 Å². The molecule has 0 spiro atoms. The lowest BCUT2D eigenvalue weighted by atomic mass is 9.85. The van der Waals surface area contributed by atoms with Crippen molar-refractivity contribution in [3.8, 4) is 5.75 Å². The summed E-state index contributed by atoms with van der Waals surface area (Å²) in [6.45, 7) is 5.24. The van der Waals surface area contributed by atoms with Crippen LogP contribution in [-0.4, -0.2) is 46.2 Å². The van der Waals surface area contributed by atoms with Crippen molar-refractivity contribution < 1.29 is 13.5 Å². The van der Waals surface area contributed by atoms with E-state index in [1.165, 1.54) is 4.57 Å². The lowest BCUT2D eigenvalue weighted by Crippen LogP contribution is -2.53. The molecule has 1 saturated heterocycles. The van der Waals surface area contributed by atoms with Gasteiger partial charge in [0.15, 0.2) is 12.4 Å². The van der Waals surface area contributed by atoms with Crippen LogP contribution >= 0.6 is 11.6 Å². The standard InChI is InChI=1S/C25H27ClF2N6O2/c1-24(2)10-34(11-24)23-29-9-16(26)21(32-23)30-14-6-7-17-15(8-14)18-19(22(35)33(17)3)36-12-25(27,28)20(31-18)13-4-5-13/h6-9,13,20,31H,4-5,10-12H2,1-3H3,(H,29,30,32)/t20-/m0/s1. The summed E-state index contributed by atoms with van der Waals surface area (Å²) in [5.41, 5.74) is 1.28. The Morgan fingerprint density at radius 3 is 2.69 bits per heavy atom. The number of ether oxygens (including phenoxy) is 1. The van der Waals surface area contributed by atoms with Gasteiger partial charge in [-0.05, 0) is 42.4 Å². The Morgan fingerprint density at radius 1 is 1.25 bits per heavy atom. The van der Waals surface area contributed by atoms with Crippen LogP contribution < -0.4 is 25.8 Å². The van der Waals surface area contributed by atoms with E-state index < -0.39 is 24.1 Å². The number of nitrogens with zero attached hydrogens (tertiary/aromatic N) is 4. The summed E-state index contributed by atoms with van der Waals surface area (Å²) in [5.74, 6) is -2.31. The molecule has 190 valence electrons. The average Bonchev–Trinajstić information content (AvgIpc) is 3.65. The first kappa shape index (κ1) is 23.3. The second-order valence-corrected chi connectivity index (χ2v) is 11.2. The maximum Gasteiger partial charge on any atom is 0.301 e. The molecule has 0 amide bonds. The third-order valence-corrected chi connectivity index (χ3v) is 7.40.